The second kappa shape index (κ2) is 9.49. The van der Waals surface area contributed by atoms with Gasteiger partial charge in [-0.3, -0.25) is 4.79 Å². The summed E-state index contributed by atoms with van der Waals surface area (Å²) in [5, 5.41) is 19.2. The molecule has 2 saturated heterocycles. The molecule has 2 aliphatic heterocycles. The Morgan fingerprint density at radius 1 is 1.21 bits per heavy atom. The number of halogens is 1. The van der Waals surface area contributed by atoms with E-state index < -0.39 is 11.5 Å². The maximum absolute atomic E-state index is 15.1. The Bertz CT molecular complexity index is 886. The van der Waals surface area contributed by atoms with Gasteiger partial charge >= 0.3 is 6.09 Å². The van der Waals surface area contributed by atoms with Crippen molar-refractivity contribution < 1.29 is 24.2 Å². The number of likely N-dealkylation sites (tertiary alicyclic amines) is 1. The Hall–Kier alpha value is -2.35. The lowest BCUT2D eigenvalue weighted by molar-refractivity contribution is -0.139. The molecule has 3 aliphatic rings. The minimum atomic E-state index is -1.02. The summed E-state index contributed by atoms with van der Waals surface area (Å²) in [6, 6.07) is 4.95. The van der Waals surface area contributed by atoms with Gasteiger partial charge in [0.15, 0.2) is 0 Å². The molecule has 2 N–H and O–H groups in total. The van der Waals surface area contributed by atoms with E-state index in [1.165, 1.54) is 11.0 Å². The fourth-order valence-corrected chi connectivity index (χ4v) is 5.85. The number of benzene rings is 1. The monoisotopic (exact) mass is 461 g/mol. The van der Waals surface area contributed by atoms with Crippen molar-refractivity contribution in [2.75, 3.05) is 24.5 Å². The number of amides is 2. The lowest BCUT2D eigenvalue weighted by Crippen LogP contribution is -2.50. The van der Waals surface area contributed by atoms with Gasteiger partial charge in [0.25, 0.3) is 0 Å². The van der Waals surface area contributed by atoms with E-state index in [0.717, 1.165) is 51.5 Å². The molecule has 1 aliphatic carbocycles. The maximum atomic E-state index is 15.1. The average Bonchev–Trinajstić information content (AvgIpc) is 3.07. The number of nitrogens with zero attached hydrogens (tertiary/aromatic N) is 3. The number of carbonyl (C=O) groups excluding carboxylic acids is 1. The van der Waals surface area contributed by atoms with Gasteiger partial charge in [0.05, 0.1) is 17.2 Å². The summed E-state index contributed by atoms with van der Waals surface area (Å²) in [6.07, 6.45) is 4.40. The molecule has 0 aromatic heterocycles. The largest absolute Gasteiger partial charge is 0.465 e. The third-order valence-electron chi connectivity index (χ3n) is 7.80. The fourth-order valence-electron chi connectivity index (χ4n) is 5.85. The molecule has 1 aromatic carbocycles. The first-order valence-electron chi connectivity index (χ1n) is 12.2. The van der Waals surface area contributed by atoms with Crippen LogP contribution in [0.15, 0.2) is 18.2 Å². The highest BCUT2D eigenvalue weighted by atomic mass is 19.1. The topological polar surface area (TPSA) is 84.3 Å². The van der Waals surface area contributed by atoms with Crippen molar-refractivity contribution >= 4 is 17.7 Å². The van der Waals surface area contributed by atoms with Gasteiger partial charge in [-0.15, -0.1) is 0 Å². The van der Waals surface area contributed by atoms with Gasteiger partial charge in [-0.1, -0.05) is 6.07 Å². The summed E-state index contributed by atoms with van der Waals surface area (Å²) >= 11 is 0. The first kappa shape index (κ1) is 23.8. The number of piperidine rings is 1. The first-order valence-corrected chi connectivity index (χ1v) is 12.2. The minimum Gasteiger partial charge on any atom is -0.465 e. The first-order chi connectivity index (χ1) is 15.7. The van der Waals surface area contributed by atoms with Crippen LogP contribution in [-0.4, -0.2) is 69.8 Å². The number of aliphatic hydroxyl groups excluding tert-OH is 1. The predicted octanol–water partition coefficient (Wildman–Crippen LogP) is 3.84. The SMILES string of the molecule is CC(C)N(Cc1ccc(N2CCCC3(CCN([C@H]4CC[C@H](O)CC4)C3=O)C2)c(F)c1)C(=O)O. The number of hydrogen-bond acceptors (Lipinski definition) is 4. The smallest absolute Gasteiger partial charge is 0.407 e. The van der Waals surface area contributed by atoms with Crippen LogP contribution in [0.2, 0.25) is 0 Å². The summed E-state index contributed by atoms with van der Waals surface area (Å²) in [6.45, 7) is 5.69. The van der Waals surface area contributed by atoms with E-state index >= 15 is 4.39 Å². The molecule has 8 heteroatoms. The van der Waals surface area contributed by atoms with E-state index in [0.29, 0.717) is 24.3 Å². The highest BCUT2D eigenvalue weighted by molar-refractivity contribution is 5.86. The van der Waals surface area contributed by atoms with Crippen LogP contribution in [0.3, 0.4) is 0 Å². The number of rotatable bonds is 5. The van der Waals surface area contributed by atoms with Crippen LogP contribution in [0.4, 0.5) is 14.9 Å². The highest BCUT2D eigenvalue weighted by Gasteiger charge is 2.50. The van der Waals surface area contributed by atoms with Crippen LogP contribution in [0.1, 0.15) is 64.4 Å². The quantitative estimate of drug-likeness (QED) is 0.696. The molecule has 2 amide bonds. The van der Waals surface area contributed by atoms with Gasteiger partial charge in [-0.05, 0) is 76.5 Å². The standard InChI is InChI=1S/C25H36FN3O4/c1-17(2)29(24(32)33)15-18-4-9-22(21(26)14-18)27-12-3-10-25(16-27)11-13-28(23(25)31)19-5-7-20(30)8-6-19/h4,9,14,17,19-20,30H,3,5-8,10-13,15-16H2,1-2H3,(H,32,33)/t19-,20-,25?. The minimum absolute atomic E-state index is 0.137. The van der Waals surface area contributed by atoms with Gasteiger partial charge < -0.3 is 24.9 Å². The van der Waals surface area contributed by atoms with Crippen molar-refractivity contribution in [3.05, 3.63) is 29.6 Å². The van der Waals surface area contributed by atoms with Gasteiger partial charge in [0.2, 0.25) is 5.91 Å². The Balaban J connectivity index is 1.46. The van der Waals surface area contributed by atoms with Crippen LogP contribution in [0.25, 0.3) is 0 Å². The number of aliphatic hydroxyl groups is 1. The van der Waals surface area contributed by atoms with E-state index in [1.54, 1.807) is 26.0 Å². The molecule has 0 radical (unpaired) electrons. The van der Waals surface area contributed by atoms with Crippen LogP contribution in [0.5, 0.6) is 0 Å². The maximum Gasteiger partial charge on any atom is 0.407 e. The molecule has 1 spiro atoms. The van der Waals surface area contributed by atoms with E-state index in [4.69, 9.17) is 0 Å². The van der Waals surface area contributed by atoms with Crippen LogP contribution >= 0.6 is 0 Å². The molecule has 1 atom stereocenters. The third-order valence-corrected chi connectivity index (χ3v) is 7.80. The van der Waals surface area contributed by atoms with Gasteiger partial charge in [0, 0.05) is 38.3 Å². The van der Waals surface area contributed by atoms with Crippen LogP contribution < -0.4 is 4.90 Å². The highest BCUT2D eigenvalue weighted by Crippen LogP contribution is 2.43. The van der Waals surface area contributed by atoms with Gasteiger partial charge in [0.1, 0.15) is 5.82 Å². The van der Waals surface area contributed by atoms with Crippen molar-refractivity contribution in [1.29, 1.82) is 0 Å². The second-order valence-corrected chi connectivity index (χ2v) is 10.3. The molecule has 0 bridgehead atoms. The van der Waals surface area contributed by atoms with E-state index in [1.807, 2.05) is 9.80 Å². The molecule has 1 saturated carbocycles. The molecule has 7 nitrogen and oxygen atoms in total. The summed E-state index contributed by atoms with van der Waals surface area (Å²) in [5.41, 5.74) is 0.634. The summed E-state index contributed by atoms with van der Waals surface area (Å²) in [5.74, 6) is -0.179. The van der Waals surface area contributed by atoms with Crippen LogP contribution in [0, 0.1) is 11.2 Å². The molecular weight excluding hydrogens is 425 g/mol. The molecule has 2 heterocycles. The van der Waals surface area contributed by atoms with E-state index in [9.17, 15) is 19.8 Å². The van der Waals surface area contributed by atoms with Crippen molar-refractivity contribution in [3.8, 4) is 0 Å². The molecule has 4 rings (SSSR count). The summed E-state index contributed by atoms with van der Waals surface area (Å²) < 4.78 is 15.1. The molecule has 1 unspecified atom stereocenters. The van der Waals surface area contributed by atoms with Crippen molar-refractivity contribution in [3.63, 3.8) is 0 Å². The summed E-state index contributed by atoms with van der Waals surface area (Å²) in [7, 11) is 0. The van der Waals surface area contributed by atoms with Gasteiger partial charge in [-0.25, -0.2) is 9.18 Å². The fraction of sp³-hybridized carbons (Fsp3) is 0.680. The Morgan fingerprint density at radius 2 is 1.94 bits per heavy atom. The Labute approximate surface area is 195 Å². The molecule has 1 aromatic rings. The Kier molecular flexibility index (Phi) is 6.84. The third kappa shape index (κ3) is 4.81. The molecule has 182 valence electrons. The zero-order valence-electron chi connectivity index (χ0n) is 19.7. The lowest BCUT2D eigenvalue weighted by Gasteiger charge is -2.41. The van der Waals surface area contributed by atoms with Crippen molar-refractivity contribution in [2.24, 2.45) is 5.41 Å². The lowest BCUT2D eigenvalue weighted by atomic mass is 9.78. The van der Waals surface area contributed by atoms with E-state index in [-0.39, 0.29) is 36.5 Å². The van der Waals surface area contributed by atoms with Crippen LogP contribution in [-0.2, 0) is 11.3 Å². The number of carboxylic acid groups (broad SMARTS) is 1. The second-order valence-electron chi connectivity index (χ2n) is 10.3. The zero-order valence-corrected chi connectivity index (χ0v) is 19.7. The van der Waals surface area contributed by atoms with Crippen molar-refractivity contribution in [2.45, 2.75) is 83.5 Å². The number of anilines is 1. The van der Waals surface area contributed by atoms with Crippen molar-refractivity contribution in [1.82, 2.24) is 9.80 Å². The average molecular weight is 462 g/mol. The zero-order chi connectivity index (χ0) is 23.8. The van der Waals surface area contributed by atoms with Gasteiger partial charge in [-0.2, -0.15) is 0 Å². The summed E-state index contributed by atoms with van der Waals surface area (Å²) in [4.78, 5) is 30.3. The molecule has 33 heavy (non-hydrogen) atoms. The Morgan fingerprint density at radius 3 is 2.58 bits per heavy atom. The molecule has 3 fully saturated rings. The van der Waals surface area contributed by atoms with E-state index in [2.05, 4.69) is 0 Å². The number of hydrogen-bond donors (Lipinski definition) is 2. The predicted molar refractivity (Wildman–Crippen MR) is 124 cm³/mol. The molecular formula is C25H36FN3O4. The number of carbonyl (C=O) groups is 2. The normalized spacial score (nSPS) is 28.1.